The lowest BCUT2D eigenvalue weighted by Gasteiger charge is -2.39. The van der Waals surface area contributed by atoms with Crippen molar-refractivity contribution in [3.05, 3.63) is 46.6 Å². The summed E-state index contributed by atoms with van der Waals surface area (Å²) in [5.41, 5.74) is 0.336. The Kier molecular flexibility index (Phi) is 3.73. The van der Waals surface area contributed by atoms with Crippen molar-refractivity contribution < 1.29 is 27.4 Å². The average molecular weight is 352 g/mol. The van der Waals surface area contributed by atoms with Crippen molar-refractivity contribution in [2.45, 2.75) is 32.0 Å². The molecule has 130 valence electrons. The minimum absolute atomic E-state index is 0.121. The van der Waals surface area contributed by atoms with Crippen LogP contribution in [0.1, 0.15) is 22.4 Å². The van der Waals surface area contributed by atoms with Gasteiger partial charge in [0.1, 0.15) is 11.8 Å². The van der Waals surface area contributed by atoms with Gasteiger partial charge >= 0.3 is 18.1 Å². The summed E-state index contributed by atoms with van der Waals surface area (Å²) in [4.78, 5) is 4.09. The molecule has 1 aliphatic rings. The van der Waals surface area contributed by atoms with Crippen molar-refractivity contribution in [3.63, 3.8) is 0 Å². The third kappa shape index (κ3) is 2.35. The molecule has 4 nitrogen and oxygen atoms in total. The number of aryl methyl sites for hydroxylation is 2. The Bertz CT molecular complexity index is 908. The van der Waals surface area contributed by atoms with Gasteiger partial charge in [-0.05, 0) is 32.0 Å². The molecule has 2 aromatic rings. The van der Waals surface area contributed by atoms with Crippen molar-refractivity contribution in [2.75, 3.05) is 0 Å². The van der Waals surface area contributed by atoms with Gasteiger partial charge in [-0.2, -0.15) is 14.0 Å². The third-order valence-corrected chi connectivity index (χ3v) is 4.07. The van der Waals surface area contributed by atoms with Gasteiger partial charge in [-0.15, -0.1) is 0 Å². The molecular formula is C17H12F4N2O2. The number of aliphatic hydroxyl groups is 1. The number of nitriles is 1. The van der Waals surface area contributed by atoms with E-state index in [0.717, 1.165) is 11.6 Å². The van der Waals surface area contributed by atoms with E-state index in [0.29, 0.717) is 0 Å². The molecule has 1 aromatic heterocycles. The Balaban J connectivity index is 2.39. The largest absolute Gasteiger partial charge is 0.451 e. The van der Waals surface area contributed by atoms with Crippen LogP contribution < -0.4 is 4.74 Å². The molecule has 0 fully saturated rings. The molecule has 1 aliphatic heterocycles. The van der Waals surface area contributed by atoms with Crippen LogP contribution in [0.2, 0.25) is 0 Å². The number of nitrogens with zero attached hydrogens (tertiary/aromatic N) is 2. The van der Waals surface area contributed by atoms with Gasteiger partial charge in [0.25, 0.3) is 0 Å². The van der Waals surface area contributed by atoms with Crippen LogP contribution >= 0.6 is 0 Å². The number of fused-ring (bicyclic) bond motifs is 3. The van der Waals surface area contributed by atoms with Crippen LogP contribution in [0.5, 0.6) is 5.75 Å². The second-order valence-electron chi connectivity index (χ2n) is 5.80. The number of rotatable bonds is 2. The number of hydrogen-bond acceptors (Lipinski definition) is 4. The minimum atomic E-state index is -4.92. The van der Waals surface area contributed by atoms with Gasteiger partial charge in [0, 0.05) is 5.56 Å². The zero-order valence-corrected chi connectivity index (χ0v) is 13.1. The third-order valence-electron chi connectivity index (χ3n) is 4.07. The van der Waals surface area contributed by atoms with Gasteiger partial charge in [0.15, 0.2) is 0 Å². The summed E-state index contributed by atoms with van der Waals surface area (Å²) in [6.07, 6.45) is -4.19. The molecule has 3 rings (SSSR count). The minimum Gasteiger partial charge on any atom is -0.451 e. The molecule has 1 N–H and O–H groups in total. The monoisotopic (exact) mass is 352 g/mol. The fourth-order valence-electron chi connectivity index (χ4n) is 2.71. The summed E-state index contributed by atoms with van der Waals surface area (Å²) in [5.74, 6) is -8.77. The lowest BCUT2D eigenvalue weighted by molar-refractivity contribution is -0.326. The number of halogens is 4. The second kappa shape index (κ2) is 5.43. The average Bonchev–Trinajstić information content (AvgIpc) is 2.55. The Hall–Kier alpha value is -2.66. The number of hydrogen-bond donors (Lipinski definition) is 1. The van der Waals surface area contributed by atoms with E-state index in [-0.39, 0.29) is 28.3 Å². The van der Waals surface area contributed by atoms with Crippen molar-refractivity contribution in [2.24, 2.45) is 0 Å². The van der Waals surface area contributed by atoms with Gasteiger partial charge in [-0.1, -0.05) is 11.6 Å². The van der Waals surface area contributed by atoms with Crippen LogP contribution in [0.15, 0.2) is 24.3 Å². The van der Waals surface area contributed by atoms with Crippen molar-refractivity contribution in [1.29, 1.82) is 5.26 Å². The van der Waals surface area contributed by atoms with Gasteiger partial charge in [0.05, 0.1) is 22.5 Å². The predicted molar refractivity (Wildman–Crippen MR) is 79.3 cm³/mol. The zero-order chi connectivity index (χ0) is 18.6. The molecule has 1 unspecified atom stereocenters. The quantitative estimate of drug-likeness (QED) is 0.838. The van der Waals surface area contributed by atoms with Gasteiger partial charge < -0.3 is 9.84 Å². The Labute approximate surface area is 140 Å². The summed E-state index contributed by atoms with van der Waals surface area (Å²) >= 11 is 0. The first-order valence-electron chi connectivity index (χ1n) is 7.22. The maximum absolute atomic E-state index is 14.2. The number of aromatic nitrogens is 1. The van der Waals surface area contributed by atoms with Gasteiger partial charge in [-0.3, -0.25) is 4.98 Å². The topological polar surface area (TPSA) is 66.1 Å². The van der Waals surface area contributed by atoms with E-state index in [9.17, 15) is 22.7 Å². The zero-order valence-electron chi connectivity index (χ0n) is 13.1. The number of alkyl halides is 4. The summed E-state index contributed by atoms with van der Waals surface area (Å²) in [5, 5.41) is 19.5. The summed E-state index contributed by atoms with van der Waals surface area (Å²) in [7, 11) is 0. The molecule has 0 amide bonds. The molecule has 25 heavy (non-hydrogen) atoms. The van der Waals surface area contributed by atoms with E-state index >= 15 is 0 Å². The predicted octanol–water partition coefficient (Wildman–Crippen LogP) is 3.68. The highest BCUT2D eigenvalue weighted by molar-refractivity contribution is 5.75. The van der Waals surface area contributed by atoms with Crippen LogP contribution in [0.25, 0.3) is 11.3 Å². The number of pyridine rings is 1. The normalized spacial score (nSPS) is 19.0. The van der Waals surface area contributed by atoms with Crippen LogP contribution in [0.4, 0.5) is 17.6 Å². The Morgan fingerprint density at radius 1 is 1.28 bits per heavy atom. The molecular weight excluding hydrogens is 340 g/mol. The van der Waals surface area contributed by atoms with Crippen LogP contribution in [-0.2, 0) is 5.79 Å². The standard InChI is InChI=1S/C17H12F4N2O2/c1-8-3-4-13-11(5-8)14-12(6-10(7-22)9(2)23-14)17(24,25-13)16(20,21)15(18)19/h3-6,15,24H,1-2H3. The summed E-state index contributed by atoms with van der Waals surface area (Å²) in [6.45, 7) is 3.22. The molecule has 0 aliphatic carbocycles. The molecule has 0 saturated carbocycles. The maximum atomic E-state index is 14.2. The number of benzene rings is 1. The van der Waals surface area contributed by atoms with Crippen molar-refractivity contribution in [1.82, 2.24) is 4.98 Å². The van der Waals surface area contributed by atoms with Gasteiger partial charge in [0.2, 0.25) is 0 Å². The van der Waals surface area contributed by atoms with Crippen LogP contribution in [0.3, 0.4) is 0 Å². The molecule has 0 saturated heterocycles. The summed E-state index contributed by atoms with van der Waals surface area (Å²) < 4.78 is 59.2. The molecule has 1 atom stereocenters. The Morgan fingerprint density at radius 3 is 2.56 bits per heavy atom. The van der Waals surface area contributed by atoms with E-state index in [1.807, 2.05) is 0 Å². The molecule has 0 radical (unpaired) electrons. The molecule has 0 spiro atoms. The lowest BCUT2D eigenvalue weighted by Crippen LogP contribution is -2.55. The molecule has 8 heteroatoms. The highest BCUT2D eigenvalue weighted by Crippen LogP contribution is 2.51. The van der Waals surface area contributed by atoms with E-state index in [1.165, 1.54) is 19.1 Å². The van der Waals surface area contributed by atoms with Crippen LogP contribution in [-0.4, -0.2) is 22.4 Å². The first-order valence-corrected chi connectivity index (χ1v) is 7.22. The first-order chi connectivity index (χ1) is 11.6. The molecule has 1 aromatic carbocycles. The lowest BCUT2D eigenvalue weighted by atomic mass is 9.89. The second-order valence-corrected chi connectivity index (χ2v) is 5.80. The van der Waals surface area contributed by atoms with Crippen LogP contribution in [0, 0.1) is 25.2 Å². The molecule has 2 heterocycles. The summed E-state index contributed by atoms with van der Waals surface area (Å²) in [6, 6.07) is 7.06. The maximum Gasteiger partial charge on any atom is 0.375 e. The van der Waals surface area contributed by atoms with E-state index in [1.54, 1.807) is 19.1 Å². The Morgan fingerprint density at radius 2 is 1.96 bits per heavy atom. The van der Waals surface area contributed by atoms with E-state index in [2.05, 4.69) is 4.98 Å². The van der Waals surface area contributed by atoms with Crippen molar-refractivity contribution in [3.8, 4) is 23.1 Å². The first kappa shape index (κ1) is 17.2. The smallest absolute Gasteiger partial charge is 0.375 e. The van der Waals surface area contributed by atoms with E-state index in [4.69, 9.17) is 10.00 Å². The highest BCUT2D eigenvalue weighted by atomic mass is 19.3. The molecule has 0 bridgehead atoms. The van der Waals surface area contributed by atoms with Crippen molar-refractivity contribution >= 4 is 0 Å². The van der Waals surface area contributed by atoms with E-state index < -0.39 is 23.7 Å². The number of ether oxygens (including phenoxy) is 1. The van der Waals surface area contributed by atoms with Gasteiger partial charge in [-0.25, -0.2) is 8.78 Å². The SMILES string of the molecule is Cc1ccc2c(c1)-c1nc(C)c(C#N)cc1C(O)(C(F)(F)C(F)F)O2. The highest BCUT2D eigenvalue weighted by Gasteiger charge is 2.65. The fourth-order valence-corrected chi connectivity index (χ4v) is 2.71. The fraction of sp³-hybridized carbons (Fsp3) is 0.294.